The summed E-state index contributed by atoms with van der Waals surface area (Å²) < 4.78 is 5.78. The molecule has 0 amide bonds. The van der Waals surface area contributed by atoms with Crippen molar-refractivity contribution in [1.29, 1.82) is 0 Å². The normalized spacial score (nSPS) is 37.1. The fraction of sp³-hybridized carbons (Fsp3) is 0.536. The number of ether oxygens (including phenoxy) is 1. The molecule has 180 valence electrons. The number of rotatable bonds is 3. The molecule has 6 heteroatoms. The lowest BCUT2D eigenvalue weighted by Gasteiger charge is -2.55. The average molecular weight is 478 g/mol. The molecule has 34 heavy (non-hydrogen) atoms. The van der Waals surface area contributed by atoms with Crippen LogP contribution in [-0.2, 0) is 9.53 Å². The molecule has 4 aliphatic carbocycles. The second kappa shape index (κ2) is 8.95. The zero-order chi connectivity index (χ0) is 23.9. The van der Waals surface area contributed by atoms with Crippen LogP contribution in [0.25, 0.3) is 0 Å². The maximum Gasteiger partial charge on any atom is 0.302 e. The van der Waals surface area contributed by atoms with Crippen LogP contribution in [0.4, 0.5) is 5.69 Å². The second-order valence-corrected chi connectivity index (χ2v) is 11.3. The number of allylic oxidation sites excluding steroid dienone is 4. The molecular formula is C28H35N3O2S. The molecule has 2 saturated carbocycles. The number of thiocarbonyl (C=S) groups is 1. The van der Waals surface area contributed by atoms with Gasteiger partial charge in [0, 0.05) is 18.0 Å². The molecule has 0 aromatic heterocycles. The highest BCUT2D eigenvalue weighted by Crippen LogP contribution is 2.64. The molecule has 0 radical (unpaired) electrons. The summed E-state index contributed by atoms with van der Waals surface area (Å²) in [5.41, 5.74) is 6.67. The largest absolute Gasteiger partial charge is 0.462 e. The van der Waals surface area contributed by atoms with Crippen LogP contribution < -0.4 is 10.7 Å². The zero-order valence-electron chi connectivity index (χ0n) is 20.3. The first-order valence-corrected chi connectivity index (χ1v) is 13.0. The van der Waals surface area contributed by atoms with E-state index in [4.69, 9.17) is 17.0 Å². The van der Waals surface area contributed by atoms with Gasteiger partial charge in [0.05, 0.1) is 5.71 Å². The van der Waals surface area contributed by atoms with E-state index in [0.29, 0.717) is 22.9 Å². The molecule has 2 N–H and O–H groups in total. The molecule has 0 saturated heterocycles. The third-order valence-electron chi connectivity index (χ3n) is 9.09. The number of benzene rings is 1. The number of para-hydroxylation sites is 1. The minimum Gasteiger partial charge on any atom is -0.462 e. The van der Waals surface area contributed by atoms with Crippen molar-refractivity contribution in [2.24, 2.45) is 33.7 Å². The number of anilines is 1. The van der Waals surface area contributed by atoms with Crippen LogP contribution in [0.5, 0.6) is 0 Å². The van der Waals surface area contributed by atoms with Gasteiger partial charge in [-0.2, -0.15) is 5.10 Å². The minimum atomic E-state index is -0.142. The van der Waals surface area contributed by atoms with Crippen molar-refractivity contribution in [3.05, 3.63) is 54.1 Å². The molecule has 6 unspecified atom stereocenters. The van der Waals surface area contributed by atoms with Gasteiger partial charge in [-0.1, -0.05) is 44.2 Å². The Morgan fingerprint density at radius 1 is 1.12 bits per heavy atom. The summed E-state index contributed by atoms with van der Waals surface area (Å²) in [7, 11) is 0. The van der Waals surface area contributed by atoms with E-state index in [-0.39, 0.29) is 22.9 Å². The molecule has 4 aliphatic rings. The molecule has 0 aliphatic heterocycles. The number of hydrazone groups is 1. The average Bonchev–Trinajstić information content (AvgIpc) is 3.14. The van der Waals surface area contributed by atoms with Crippen LogP contribution in [0.2, 0.25) is 0 Å². The van der Waals surface area contributed by atoms with Gasteiger partial charge in [0.2, 0.25) is 0 Å². The van der Waals surface area contributed by atoms with Gasteiger partial charge in [0.1, 0.15) is 6.10 Å². The first-order chi connectivity index (χ1) is 16.3. The number of hydrogen-bond acceptors (Lipinski definition) is 4. The lowest BCUT2D eigenvalue weighted by Crippen LogP contribution is -2.50. The molecule has 0 heterocycles. The Hall–Kier alpha value is -2.47. The van der Waals surface area contributed by atoms with Crippen LogP contribution in [0.3, 0.4) is 0 Å². The molecule has 5 nitrogen and oxygen atoms in total. The van der Waals surface area contributed by atoms with Crippen molar-refractivity contribution in [3.8, 4) is 0 Å². The number of carbonyl (C=O) groups excluding carboxylic acids is 1. The Morgan fingerprint density at radius 2 is 1.91 bits per heavy atom. The summed E-state index contributed by atoms with van der Waals surface area (Å²) in [6.07, 6.45) is 13.6. The van der Waals surface area contributed by atoms with Crippen LogP contribution >= 0.6 is 12.2 Å². The Kier molecular flexibility index (Phi) is 6.13. The molecular weight excluding hydrogens is 442 g/mol. The maximum absolute atomic E-state index is 11.7. The minimum absolute atomic E-state index is 0.0681. The summed E-state index contributed by atoms with van der Waals surface area (Å²) in [6.45, 7) is 6.36. The third-order valence-corrected chi connectivity index (χ3v) is 9.28. The van der Waals surface area contributed by atoms with Crippen molar-refractivity contribution in [1.82, 2.24) is 5.43 Å². The van der Waals surface area contributed by atoms with Crippen LogP contribution in [0.1, 0.15) is 59.3 Å². The summed E-state index contributed by atoms with van der Waals surface area (Å²) in [5.74, 6) is 1.63. The van der Waals surface area contributed by atoms with Crippen molar-refractivity contribution in [2.75, 3.05) is 5.32 Å². The third kappa shape index (κ3) is 4.10. The maximum atomic E-state index is 11.7. The Bertz CT molecular complexity index is 1060. The Morgan fingerprint density at radius 3 is 2.68 bits per heavy atom. The van der Waals surface area contributed by atoms with E-state index in [2.05, 4.69) is 47.9 Å². The highest BCUT2D eigenvalue weighted by atomic mass is 32.1. The molecule has 5 rings (SSSR count). The number of esters is 1. The molecule has 0 spiro atoms. The summed E-state index contributed by atoms with van der Waals surface area (Å²) >= 11 is 5.41. The van der Waals surface area contributed by atoms with Crippen LogP contribution in [-0.4, -0.2) is 22.9 Å². The van der Waals surface area contributed by atoms with Crippen molar-refractivity contribution in [2.45, 2.75) is 65.4 Å². The van der Waals surface area contributed by atoms with Gasteiger partial charge >= 0.3 is 5.97 Å². The fourth-order valence-electron chi connectivity index (χ4n) is 7.25. The Labute approximate surface area is 208 Å². The van der Waals surface area contributed by atoms with E-state index in [1.165, 1.54) is 12.0 Å². The monoisotopic (exact) mass is 477 g/mol. The lowest BCUT2D eigenvalue weighted by molar-refractivity contribution is -0.155. The van der Waals surface area contributed by atoms with Gasteiger partial charge in [-0.05, 0) is 97.7 Å². The van der Waals surface area contributed by atoms with Gasteiger partial charge in [0.25, 0.3) is 0 Å². The van der Waals surface area contributed by atoms with E-state index in [0.717, 1.165) is 43.5 Å². The Balaban J connectivity index is 1.31. The smallest absolute Gasteiger partial charge is 0.302 e. The number of fused-ring (bicyclic) bond motifs is 5. The topological polar surface area (TPSA) is 62.7 Å². The van der Waals surface area contributed by atoms with Crippen LogP contribution in [0, 0.1) is 28.6 Å². The van der Waals surface area contributed by atoms with Crippen molar-refractivity contribution >= 4 is 34.7 Å². The standard InChI is InChI=1S/C28H35N3O2S/c1-18(32)33-25-12-11-23-22-10-9-19-17-21(30-31-26(34)29-20-7-5-4-6-8-20)13-15-27(19,2)24(22)14-16-28(23,25)3/h4-10,17,22-25H,11-16H2,1-3H3,(H2,29,31,34)/b30-21+. The lowest BCUT2D eigenvalue weighted by atomic mass is 9.49. The zero-order valence-corrected chi connectivity index (χ0v) is 21.2. The number of hydrogen-bond donors (Lipinski definition) is 2. The number of nitrogens with one attached hydrogen (secondary N) is 2. The predicted molar refractivity (Wildman–Crippen MR) is 140 cm³/mol. The first-order valence-electron chi connectivity index (χ1n) is 12.6. The summed E-state index contributed by atoms with van der Waals surface area (Å²) in [4.78, 5) is 11.7. The number of nitrogens with zero attached hydrogens (tertiary/aromatic N) is 1. The summed E-state index contributed by atoms with van der Waals surface area (Å²) in [6, 6.07) is 9.88. The second-order valence-electron chi connectivity index (χ2n) is 10.9. The van der Waals surface area contributed by atoms with Gasteiger partial charge in [-0.3, -0.25) is 10.2 Å². The van der Waals surface area contributed by atoms with Crippen LogP contribution in [0.15, 0.2) is 59.2 Å². The van der Waals surface area contributed by atoms with E-state index in [1.807, 2.05) is 30.3 Å². The predicted octanol–water partition coefficient (Wildman–Crippen LogP) is 6.00. The van der Waals surface area contributed by atoms with Gasteiger partial charge in [0.15, 0.2) is 5.11 Å². The number of carbonyl (C=O) groups is 1. The van der Waals surface area contributed by atoms with Crippen molar-refractivity contribution < 1.29 is 9.53 Å². The summed E-state index contributed by atoms with van der Waals surface area (Å²) in [5, 5.41) is 8.28. The van der Waals surface area contributed by atoms with E-state index in [9.17, 15) is 4.79 Å². The van der Waals surface area contributed by atoms with E-state index < -0.39 is 0 Å². The van der Waals surface area contributed by atoms with Crippen molar-refractivity contribution in [3.63, 3.8) is 0 Å². The highest BCUT2D eigenvalue weighted by Gasteiger charge is 2.58. The van der Waals surface area contributed by atoms with Gasteiger partial charge < -0.3 is 10.1 Å². The van der Waals surface area contributed by atoms with E-state index >= 15 is 0 Å². The molecule has 0 bridgehead atoms. The fourth-order valence-corrected chi connectivity index (χ4v) is 7.41. The van der Waals surface area contributed by atoms with Gasteiger partial charge in [-0.15, -0.1) is 0 Å². The van der Waals surface area contributed by atoms with Gasteiger partial charge in [-0.25, -0.2) is 0 Å². The molecule has 1 aromatic rings. The molecule has 6 atom stereocenters. The SMILES string of the molecule is CC(=O)OC1CCC2C3C=CC4=C/C(=N/NC(=S)Nc5ccccc5)CCC4(C)C3CCC12C. The van der Waals surface area contributed by atoms with E-state index in [1.54, 1.807) is 6.92 Å². The molecule has 2 fully saturated rings. The first kappa shape index (κ1) is 23.3. The molecule has 1 aromatic carbocycles. The quantitative estimate of drug-likeness (QED) is 0.318. The highest BCUT2D eigenvalue weighted by molar-refractivity contribution is 7.80.